The van der Waals surface area contributed by atoms with Crippen molar-refractivity contribution in [2.75, 3.05) is 0 Å². The van der Waals surface area contributed by atoms with E-state index in [0.29, 0.717) is 12.1 Å². The average molecular weight is 338 g/mol. The van der Waals surface area contributed by atoms with Crippen molar-refractivity contribution in [2.24, 2.45) is 0 Å². The van der Waals surface area contributed by atoms with Crippen LogP contribution >= 0.6 is 11.6 Å². The Morgan fingerprint density at radius 3 is 2.67 bits per heavy atom. The monoisotopic (exact) mass is 337 g/mol. The van der Waals surface area contributed by atoms with Gasteiger partial charge in [0.15, 0.2) is 0 Å². The van der Waals surface area contributed by atoms with Crippen LogP contribution in [0.5, 0.6) is 0 Å². The molecule has 0 saturated carbocycles. The minimum Gasteiger partial charge on any atom is -0.289 e. The standard InChI is InChI=1S/C22H24ClN/c1-16-10-11-21(22(23)12-16)18-13-19-8-5-9-20(14-18)24(19)15-17-6-3-2-4-7-17/h2-4,6-7,10-13,19-20H,5,8-9,14-15H2,1H3. The summed E-state index contributed by atoms with van der Waals surface area (Å²) in [7, 11) is 0. The van der Waals surface area contributed by atoms with E-state index in [9.17, 15) is 0 Å². The minimum absolute atomic E-state index is 0.546. The van der Waals surface area contributed by atoms with E-state index in [1.165, 1.54) is 41.5 Å². The van der Waals surface area contributed by atoms with Crippen LogP contribution in [0.3, 0.4) is 0 Å². The average Bonchev–Trinajstić information content (AvgIpc) is 2.56. The number of nitrogens with zero attached hydrogens (tertiary/aromatic N) is 1. The van der Waals surface area contributed by atoms with Gasteiger partial charge in [0.1, 0.15) is 0 Å². The minimum atomic E-state index is 0.546. The molecule has 0 radical (unpaired) electrons. The fourth-order valence-electron chi connectivity index (χ4n) is 4.24. The first-order valence-corrected chi connectivity index (χ1v) is 9.35. The highest BCUT2D eigenvalue weighted by Crippen LogP contribution is 2.39. The van der Waals surface area contributed by atoms with Crippen LogP contribution < -0.4 is 0 Å². The van der Waals surface area contributed by atoms with Gasteiger partial charge in [-0.2, -0.15) is 0 Å². The zero-order chi connectivity index (χ0) is 16.5. The van der Waals surface area contributed by atoms with Crippen LogP contribution in [-0.4, -0.2) is 17.0 Å². The number of hydrogen-bond acceptors (Lipinski definition) is 1. The number of rotatable bonds is 3. The Kier molecular flexibility index (Phi) is 4.47. The van der Waals surface area contributed by atoms with Crippen molar-refractivity contribution in [2.45, 2.75) is 51.2 Å². The van der Waals surface area contributed by atoms with E-state index >= 15 is 0 Å². The predicted octanol–water partition coefficient (Wildman–Crippen LogP) is 5.86. The molecular formula is C22H24ClN. The number of hydrogen-bond donors (Lipinski definition) is 0. The topological polar surface area (TPSA) is 3.24 Å². The molecule has 4 rings (SSSR count). The Bertz CT molecular complexity index is 750. The van der Waals surface area contributed by atoms with Crippen LogP contribution in [0, 0.1) is 6.92 Å². The first-order chi connectivity index (χ1) is 11.7. The summed E-state index contributed by atoms with van der Waals surface area (Å²) >= 11 is 6.53. The third-order valence-corrected chi connectivity index (χ3v) is 5.77. The number of aryl methyl sites for hydroxylation is 1. The molecule has 2 heteroatoms. The summed E-state index contributed by atoms with van der Waals surface area (Å²) in [4.78, 5) is 2.70. The maximum Gasteiger partial charge on any atom is 0.0483 e. The third kappa shape index (κ3) is 3.16. The molecule has 0 N–H and O–H groups in total. The molecule has 1 fully saturated rings. The molecule has 124 valence electrons. The summed E-state index contributed by atoms with van der Waals surface area (Å²) < 4.78 is 0. The van der Waals surface area contributed by atoms with Crippen molar-refractivity contribution in [1.82, 2.24) is 4.90 Å². The summed E-state index contributed by atoms with van der Waals surface area (Å²) in [6.45, 7) is 3.16. The predicted molar refractivity (Wildman–Crippen MR) is 102 cm³/mol. The van der Waals surface area contributed by atoms with E-state index in [1.807, 2.05) is 0 Å². The van der Waals surface area contributed by atoms with Gasteiger partial charge in [0.25, 0.3) is 0 Å². The molecule has 2 unspecified atom stereocenters. The fourth-order valence-corrected chi connectivity index (χ4v) is 4.59. The molecule has 0 spiro atoms. The summed E-state index contributed by atoms with van der Waals surface area (Å²) in [5.41, 5.74) is 5.32. The molecule has 2 heterocycles. The second kappa shape index (κ2) is 6.74. The van der Waals surface area contributed by atoms with Gasteiger partial charge in [-0.3, -0.25) is 4.90 Å². The van der Waals surface area contributed by atoms with E-state index in [2.05, 4.69) is 66.4 Å². The maximum absolute atomic E-state index is 6.53. The Labute approximate surface area is 149 Å². The zero-order valence-electron chi connectivity index (χ0n) is 14.2. The first kappa shape index (κ1) is 15.9. The maximum atomic E-state index is 6.53. The number of fused-ring (bicyclic) bond motifs is 2. The van der Waals surface area contributed by atoms with E-state index in [4.69, 9.17) is 11.6 Å². The highest BCUT2D eigenvalue weighted by atomic mass is 35.5. The van der Waals surface area contributed by atoms with E-state index < -0.39 is 0 Å². The SMILES string of the molecule is Cc1ccc(C2=CC3CCCC(C2)N3Cc2ccccc2)c(Cl)c1. The fraction of sp³-hybridized carbons (Fsp3) is 0.364. The zero-order valence-corrected chi connectivity index (χ0v) is 15.0. The van der Waals surface area contributed by atoms with Crippen molar-refractivity contribution < 1.29 is 0 Å². The molecule has 2 atom stereocenters. The molecule has 0 amide bonds. The Hall–Kier alpha value is -1.57. The van der Waals surface area contributed by atoms with Crippen LogP contribution in [-0.2, 0) is 6.54 Å². The van der Waals surface area contributed by atoms with Gasteiger partial charge in [0, 0.05) is 23.7 Å². The third-order valence-electron chi connectivity index (χ3n) is 5.46. The van der Waals surface area contributed by atoms with E-state index in [0.717, 1.165) is 18.0 Å². The molecule has 24 heavy (non-hydrogen) atoms. The Balaban J connectivity index is 1.62. The molecule has 0 aliphatic carbocycles. The van der Waals surface area contributed by atoms with Gasteiger partial charge in [-0.05, 0) is 54.5 Å². The lowest BCUT2D eigenvalue weighted by Crippen LogP contribution is -2.47. The molecule has 1 saturated heterocycles. The summed E-state index contributed by atoms with van der Waals surface area (Å²) in [5, 5.41) is 0.899. The largest absolute Gasteiger partial charge is 0.289 e. The Morgan fingerprint density at radius 2 is 1.92 bits per heavy atom. The van der Waals surface area contributed by atoms with Gasteiger partial charge in [-0.1, -0.05) is 66.6 Å². The molecular weight excluding hydrogens is 314 g/mol. The highest BCUT2D eigenvalue weighted by Gasteiger charge is 2.34. The van der Waals surface area contributed by atoms with E-state index in [1.54, 1.807) is 0 Å². The summed E-state index contributed by atoms with van der Waals surface area (Å²) in [6, 6.07) is 18.5. The van der Waals surface area contributed by atoms with Gasteiger partial charge in [-0.25, -0.2) is 0 Å². The number of halogens is 1. The molecule has 2 aromatic carbocycles. The van der Waals surface area contributed by atoms with Gasteiger partial charge in [0.05, 0.1) is 0 Å². The van der Waals surface area contributed by atoms with Gasteiger partial charge in [-0.15, -0.1) is 0 Å². The molecule has 2 aliphatic rings. The van der Waals surface area contributed by atoms with Crippen molar-refractivity contribution in [3.63, 3.8) is 0 Å². The first-order valence-electron chi connectivity index (χ1n) is 8.97. The lowest BCUT2D eigenvalue weighted by molar-refractivity contribution is 0.0951. The van der Waals surface area contributed by atoms with Gasteiger partial charge < -0.3 is 0 Å². The van der Waals surface area contributed by atoms with Crippen molar-refractivity contribution in [3.8, 4) is 0 Å². The lowest BCUT2D eigenvalue weighted by Gasteiger charge is -2.45. The van der Waals surface area contributed by atoms with E-state index in [-0.39, 0.29) is 0 Å². The molecule has 2 bridgehead atoms. The number of piperidine rings is 1. The highest BCUT2D eigenvalue weighted by molar-refractivity contribution is 6.32. The number of benzene rings is 2. The smallest absolute Gasteiger partial charge is 0.0483 e. The van der Waals surface area contributed by atoms with Gasteiger partial charge >= 0.3 is 0 Å². The van der Waals surface area contributed by atoms with Crippen LogP contribution in [0.15, 0.2) is 54.6 Å². The van der Waals surface area contributed by atoms with Crippen LogP contribution in [0.2, 0.25) is 5.02 Å². The lowest BCUT2D eigenvalue weighted by atomic mass is 9.82. The second-order valence-corrected chi connectivity index (χ2v) is 7.60. The van der Waals surface area contributed by atoms with Crippen LogP contribution in [0.25, 0.3) is 5.57 Å². The summed E-state index contributed by atoms with van der Waals surface area (Å²) in [5.74, 6) is 0. The molecule has 1 nitrogen and oxygen atoms in total. The van der Waals surface area contributed by atoms with Gasteiger partial charge in [0.2, 0.25) is 0 Å². The molecule has 2 aliphatic heterocycles. The quantitative estimate of drug-likeness (QED) is 0.678. The van der Waals surface area contributed by atoms with Crippen LogP contribution in [0.1, 0.15) is 42.4 Å². The summed E-state index contributed by atoms with van der Waals surface area (Å²) in [6.07, 6.45) is 7.49. The van der Waals surface area contributed by atoms with Crippen molar-refractivity contribution >= 4 is 17.2 Å². The molecule has 0 aromatic heterocycles. The van der Waals surface area contributed by atoms with Crippen LogP contribution in [0.4, 0.5) is 0 Å². The molecule has 2 aromatic rings. The van der Waals surface area contributed by atoms with Crippen molar-refractivity contribution in [1.29, 1.82) is 0 Å². The van der Waals surface area contributed by atoms with Crippen molar-refractivity contribution in [3.05, 3.63) is 76.3 Å². The normalized spacial score (nSPS) is 23.8. The Morgan fingerprint density at radius 1 is 1.08 bits per heavy atom. The second-order valence-electron chi connectivity index (χ2n) is 7.19.